The average Bonchev–Trinajstić information content (AvgIpc) is 2.96. The third-order valence-corrected chi connectivity index (χ3v) is 7.20. The summed E-state index contributed by atoms with van der Waals surface area (Å²) in [6, 6.07) is 2.44. The van der Waals surface area contributed by atoms with Crippen molar-refractivity contribution in [3.8, 4) is 0 Å². The van der Waals surface area contributed by atoms with E-state index in [0.29, 0.717) is 29.6 Å². The molecular formula is C17H23N3O2S2. The number of thioether (sulfide) groups is 1. The second-order valence-electron chi connectivity index (χ2n) is 7.05. The highest BCUT2D eigenvalue weighted by Gasteiger charge is 2.57. The number of carbonyl (C=O) groups excluding carboxylic acids is 2. The number of nitrogens with one attached hydrogen (secondary N) is 1. The van der Waals surface area contributed by atoms with Crippen molar-refractivity contribution in [3.05, 3.63) is 22.4 Å². The van der Waals surface area contributed by atoms with E-state index in [1.54, 1.807) is 28.0 Å². The lowest BCUT2D eigenvalue weighted by Crippen LogP contribution is -2.44. The topological polar surface area (TPSA) is 52.7 Å². The Labute approximate surface area is 150 Å². The number of piperidine rings is 1. The fraction of sp³-hybridized carbons (Fsp3) is 0.647. The summed E-state index contributed by atoms with van der Waals surface area (Å²) in [4.78, 5) is 28.6. The summed E-state index contributed by atoms with van der Waals surface area (Å²) in [5.41, 5.74) is 1.52. The van der Waals surface area contributed by atoms with E-state index in [2.05, 4.69) is 27.0 Å². The summed E-state index contributed by atoms with van der Waals surface area (Å²) in [6.07, 6.45) is 3.43. The van der Waals surface area contributed by atoms with Gasteiger partial charge < -0.3 is 15.1 Å². The molecule has 1 saturated carbocycles. The van der Waals surface area contributed by atoms with Gasteiger partial charge in [-0.15, -0.1) is 11.8 Å². The van der Waals surface area contributed by atoms with Gasteiger partial charge in [-0.05, 0) is 60.2 Å². The van der Waals surface area contributed by atoms with Crippen LogP contribution in [0.3, 0.4) is 0 Å². The van der Waals surface area contributed by atoms with Crippen LogP contribution in [0.2, 0.25) is 0 Å². The van der Waals surface area contributed by atoms with E-state index in [1.807, 2.05) is 0 Å². The summed E-state index contributed by atoms with van der Waals surface area (Å²) < 4.78 is 0. The molecule has 2 amide bonds. The normalized spacial score (nSPS) is 25.2. The van der Waals surface area contributed by atoms with Gasteiger partial charge in [0.15, 0.2) is 0 Å². The Morgan fingerprint density at radius 2 is 2.25 bits per heavy atom. The molecule has 3 heterocycles. The fourth-order valence-corrected chi connectivity index (χ4v) is 5.54. The fourth-order valence-electron chi connectivity index (χ4n) is 3.97. The van der Waals surface area contributed by atoms with Crippen LogP contribution in [0.25, 0.3) is 0 Å². The summed E-state index contributed by atoms with van der Waals surface area (Å²) in [6.45, 7) is 3.02. The minimum atomic E-state index is 0.0937. The van der Waals surface area contributed by atoms with Crippen LogP contribution in [0, 0.1) is 5.41 Å². The number of nitrogens with zero attached hydrogens (tertiary/aromatic N) is 2. The highest BCUT2D eigenvalue weighted by Crippen LogP contribution is 2.56. The number of hydrogen-bond acceptors (Lipinski definition) is 5. The maximum Gasteiger partial charge on any atom is 0.242 e. The minimum Gasteiger partial charge on any atom is -0.333 e. The number of rotatable bonds is 5. The summed E-state index contributed by atoms with van der Waals surface area (Å²) >= 11 is 3.26. The van der Waals surface area contributed by atoms with Gasteiger partial charge in [0.1, 0.15) is 6.54 Å². The quantitative estimate of drug-likeness (QED) is 0.864. The van der Waals surface area contributed by atoms with E-state index in [9.17, 15) is 9.59 Å². The van der Waals surface area contributed by atoms with Gasteiger partial charge in [-0.2, -0.15) is 11.3 Å². The molecule has 0 radical (unpaired) electrons. The van der Waals surface area contributed by atoms with Crippen molar-refractivity contribution < 1.29 is 9.59 Å². The maximum atomic E-state index is 13.0. The van der Waals surface area contributed by atoms with Crippen LogP contribution in [0.5, 0.6) is 0 Å². The summed E-state index contributed by atoms with van der Waals surface area (Å²) in [7, 11) is 0. The molecule has 1 unspecified atom stereocenters. The lowest BCUT2D eigenvalue weighted by molar-refractivity contribution is -0.139. The zero-order chi connectivity index (χ0) is 16.6. The Bertz CT molecular complexity index is 613. The van der Waals surface area contributed by atoms with Crippen molar-refractivity contribution in [3.63, 3.8) is 0 Å². The molecule has 1 aromatic rings. The smallest absolute Gasteiger partial charge is 0.242 e. The Hall–Kier alpha value is -1.05. The van der Waals surface area contributed by atoms with Gasteiger partial charge >= 0.3 is 0 Å². The molecule has 1 aromatic heterocycles. The third-order valence-electron chi connectivity index (χ3n) is 5.53. The average molecular weight is 366 g/mol. The molecule has 7 heteroatoms. The summed E-state index contributed by atoms with van der Waals surface area (Å²) in [5.74, 6) is 1.36. The van der Waals surface area contributed by atoms with Crippen molar-refractivity contribution in [1.29, 1.82) is 0 Å². The van der Waals surface area contributed by atoms with Crippen LogP contribution in [-0.4, -0.2) is 58.9 Å². The molecule has 1 atom stereocenters. The Morgan fingerprint density at radius 3 is 2.92 bits per heavy atom. The van der Waals surface area contributed by atoms with Gasteiger partial charge in [0.25, 0.3) is 0 Å². The van der Waals surface area contributed by atoms with E-state index in [0.717, 1.165) is 32.4 Å². The van der Waals surface area contributed by atoms with Crippen LogP contribution in [-0.2, 0) is 16.1 Å². The Balaban J connectivity index is 1.48. The predicted octanol–water partition coefficient (Wildman–Crippen LogP) is 1.75. The number of thiophene rings is 1. The second kappa shape index (κ2) is 6.69. The molecule has 3 fully saturated rings. The molecule has 1 N–H and O–H groups in total. The zero-order valence-electron chi connectivity index (χ0n) is 13.7. The van der Waals surface area contributed by atoms with E-state index in [4.69, 9.17) is 0 Å². The van der Waals surface area contributed by atoms with Gasteiger partial charge in [-0.25, -0.2) is 0 Å². The molecule has 130 valence electrons. The van der Waals surface area contributed by atoms with Gasteiger partial charge in [0.05, 0.1) is 11.6 Å². The van der Waals surface area contributed by atoms with E-state index in [1.165, 1.54) is 5.56 Å². The summed E-state index contributed by atoms with van der Waals surface area (Å²) in [5, 5.41) is 7.60. The predicted molar refractivity (Wildman–Crippen MR) is 96.8 cm³/mol. The highest BCUT2D eigenvalue weighted by molar-refractivity contribution is 8.00. The van der Waals surface area contributed by atoms with Gasteiger partial charge in [0, 0.05) is 12.6 Å². The lowest BCUT2D eigenvalue weighted by Gasteiger charge is -2.30. The number of amides is 2. The Kier molecular flexibility index (Phi) is 4.58. The van der Waals surface area contributed by atoms with Gasteiger partial charge in [-0.3, -0.25) is 9.59 Å². The molecule has 5 nitrogen and oxygen atoms in total. The first kappa shape index (κ1) is 16.4. The lowest BCUT2D eigenvalue weighted by atomic mass is 9.93. The minimum absolute atomic E-state index is 0.0937. The van der Waals surface area contributed by atoms with Crippen LogP contribution >= 0.6 is 23.1 Å². The van der Waals surface area contributed by atoms with E-state index >= 15 is 0 Å². The van der Waals surface area contributed by atoms with Crippen LogP contribution < -0.4 is 5.32 Å². The largest absolute Gasteiger partial charge is 0.333 e. The first-order valence-electron chi connectivity index (χ1n) is 8.55. The van der Waals surface area contributed by atoms with E-state index in [-0.39, 0.29) is 18.4 Å². The van der Waals surface area contributed by atoms with Crippen LogP contribution in [0.15, 0.2) is 16.8 Å². The number of carbonyl (C=O) groups is 2. The van der Waals surface area contributed by atoms with Crippen LogP contribution in [0.4, 0.5) is 0 Å². The van der Waals surface area contributed by atoms with Crippen molar-refractivity contribution in [2.75, 3.05) is 31.3 Å². The molecular weight excluding hydrogens is 342 g/mol. The molecule has 3 aliphatic rings. The van der Waals surface area contributed by atoms with Crippen molar-refractivity contribution in [2.24, 2.45) is 5.41 Å². The monoisotopic (exact) mass is 365 g/mol. The maximum absolute atomic E-state index is 13.0. The molecule has 1 aliphatic carbocycles. The van der Waals surface area contributed by atoms with Crippen molar-refractivity contribution in [2.45, 2.75) is 31.8 Å². The molecule has 24 heavy (non-hydrogen) atoms. The van der Waals surface area contributed by atoms with Crippen molar-refractivity contribution >= 4 is 34.9 Å². The zero-order valence-corrected chi connectivity index (χ0v) is 15.3. The molecule has 4 rings (SSSR count). The van der Waals surface area contributed by atoms with Gasteiger partial charge in [-0.1, -0.05) is 0 Å². The highest BCUT2D eigenvalue weighted by atomic mass is 32.2. The van der Waals surface area contributed by atoms with Crippen molar-refractivity contribution in [1.82, 2.24) is 15.1 Å². The first-order valence-corrected chi connectivity index (χ1v) is 10.6. The van der Waals surface area contributed by atoms with E-state index < -0.39 is 0 Å². The Morgan fingerprint density at radius 1 is 1.42 bits per heavy atom. The standard InChI is InChI=1S/C17H23N3O2S2/c21-15(9-19-12-24-11-16(19)22)20(8-13-1-6-23-10-13)14-7-17(14)2-4-18-5-3-17/h1,6,10,14,18H,2-5,7-9,11-12H2. The molecule has 0 bridgehead atoms. The third kappa shape index (κ3) is 3.21. The molecule has 2 aliphatic heterocycles. The van der Waals surface area contributed by atoms with Crippen LogP contribution in [0.1, 0.15) is 24.8 Å². The SMILES string of the molecule is O=C1CSCN1CC(=O)N(Cc1ccsc1)C1CC12CCNCC2. The second-order valence-corrected chi connectivity index (χ2v) is 8.79. The molecule has 0 aromatic carbocycles. The molecule has 2 saturated heterocycles. The molecule has 1 spiro atoms. The van der Waals surface area contributed by atoms with Gasteiger partial charge in [0.2, 0.25) is 11.8 Å². The number of hydrogen-bond donors (Lipinski definition) is 1. The first-order chi connectivity index (χ1) is 11.7.